The summed E-state index contributed by atoms with van der Waals surface area (Å²) in [5.74, 6) is -2.50. The van der Waals surface area contributed by atoms with E-state index in [0.717, 1.165) is 13.1 Å². The van der Waals surface area contributed by atoms with Gasteiger partial charge in [-0.2, -0.15) is 18.4 Å². The van der Waals surface area contributed by atoms with E-state index >= 15 is 0 Å². The van der Waals surface area contributed by atoms with Crippen molar-refractivity contribution in [2.24, 2.45) is 0 Å². The Morgan fingerprint density at radius 2 is 2.00 bits per heavy atom. The third-order valence-electron chi connectivity index (χ3n) is 3.78. The number of rotatable bonds is 2. The molecule has 1 aromatic heterocycles. The monoisotopic (exact) mass is 338 g/mol. The molecule has 3 rings (SSSR count). The van der Waals surface area contributed by atoms with Crippen LogP contribution in [-0.2, 0) is 4.79 Å². The Labute approximate surface area is 134 Å². The van der Waals surface area contributed by atoms with E-state index in [4.69, 9.17) is 0 Å². The summed E-state index contributed by atoms with van der Waals surface area (Å²) in [5, 5.41) is 12.8. The van der Waals surface area contributed by atoms with E-state index in [1.807, 2.05) is 4.90 Å². The summed E-state index contributed by atoms with van der Waals surface area (Å²) in [5.41, 5.74) is 1.48. The normalized spacial score (nSPS) is 15.3. The first-order chi connectivity index (χ1) is 11.4. The first-order valence-electron chi connectivity index (χ1n) is 7.20. The van der Waals surface area contributed by atoms with Crippen molar-refractivity contribution in [2.45, 2.75) is 6.18 Å². The van der Waals surface area contributed by atoms with Crippen molar-refractivity contribution in [2.75, 3.05) is 31.1 Å². The molecule has 1 aliphatic rings. The minimum Gasteiger partial charge on any atom is -0.418 e. The van der Waals surface area contributed by atoms with Gasteiger partial charge in [0.05, 0.1) is 16.8 Å². The number of carbonyl (C=O) groups excluding carboxylic acids is 1. The lowest BCUT2D eigenvalue weighted by molar-refractivity contribution is -0.189. The molecule has 1 fully saturated rings. The highest BCUT2D eigenvalue weighted by Crippen LogP contribution is 2.36. The minimum atomic E-state index is -5.07. The van der Waals surface area contributed by atoms with Crippen LogP contribution in [0.5, 0.6) is 5.75 Å². The number of aromatic amines is 1. The van der Waals surface area contributed by atoms with E-state index in [0.29, 0.717) is 35.2 Å². The number of aromatic nitrogens is 1. The Balaban J connectivity index is 2.04. The van der Waals surface area contributed by atoms with Crippen molar-refractivity contribution in [3.05, 3.63) is 23.9 Å². The molecule has 1 aliphatic heterocycles. The van der Waals surface area contributed by atoms with Gasteiger partial charge in [-0.05, 0) is 12.1 Å². The van der Waals surface area contributed by atoms with Crippen molar-refractivity contribution in [1.82, 2.24) is 10.3 Å². The van der Waals surface area contributed by atoms with Gasteiger partial charge in [-0.1, -0.05) is 0 Å². The topological polar surface area (TPSA) is 81.1 Å². The number of alkyl halides is 3. The number of esters is 1. The number of nitrogens with zero attached hydrogens (tertiary/aromatic N) is 2. The van der Waals surface area contributed by atoms with E-state index in [2.05, 4.69) is 21.1 Å². The molecule has 2 heterocycles. The van der Waals surface area contributed by atoms with Gasteiger partial charge in [-0.3, -0.25) is 0 Å². The number of nitriles is 1. The molecule has 1 saturated heterocycles. The standard InChI is InChI=1S/C15H13F3N4O2/c16-15(17,18)14(23)24-11-8-21-12-10(11)2-1-9(7-19)13(12)22-5-3-20-4-6-22/h1-2,8,20-21H,3-6H2. The van der Waals surface area contributed by atoms with Crippen LogP contribution in [0.4, 0.5) is 18.9 Å². The van der Waals surface area contributed by atoms with Gasteiger partial charge in [0.1, 0.15) is 6.07 Å². The summed E-state index contributed by atoms with van der Waals surface area (Å²) in [7, 11) is 0. The lowest BCUT2D eigenvalue weighted by Gasteiger charge is -2.30. The maximum atomic E-state index is 12.4. The highest BCUT2D eigenvalue weighted by atomic mass is 19.4. The third-order valence-corrected chi connectivity index (χ3v) is 3.78. The minimum absolute atomic E-state index is 0.215. The van der Waals surface area contributed by atoms with Crippen LogP contribution in [0.25, 0.3) is 10.9 Å². The number of carbonyl (C=O) groups is 1. The molecule has 0 bridgehead atoms. The largest absolute Gasteiger partial charge is 0.491 e. The second-order valence-electron chi connectivity index (χ2n) is 5.27. The molecule has 2 N–H and O–H groups in total. The lowest BCUT2D eigenvalue weighted by Crippen LogP contribution is -2.43. The number of hydrogen-bond acceptors (Lipinski definition) is 5. The molecule has 24 heavy (non-hydrogen) atoms. The zero-order valence-corrected chi connectivity index (χ0v) is 12.4. The molecule has 2 aromatic rings. The first-order valence-corrected chi connectivity index (χ1v) is 7.20. The molecule has 1 aromatic carbocycles. The quantitative estimate of drug-likeness (QED) is 0.818. The molecule has 126 valence electrons. The van der Waals surface area contributed by atoms with Crippen molar-refractivity contribution in [1.29, 1.82) is 5.26 Å². The van der Waals surface area contributed by atoms with Crippen LogP contribution >= 0.6 is 0 Å². The van der Waals surface area contributed by atoms with Crippen LogP contribution < -0.4 is 15.0 Å². The van der Waals surface area contributed by atoms with Gasteiger partial charge in [0.2, 0.25) is 0 Å². The summed E-state index contributed by atoms with van der Waals surface area (Å²) in [6, 6.07) is 5.07. The first kappa shape index (κ1) is 16.1. The van der Waals surface area contributed by atoms with Crippen molar-refractivity contribution in [3.63, 3.8) is 0 Å². The Morgan fingerprint density at radius 1 is 1.29 bits per heavy atom. The second kappa shape index (κ2) is 6.05. The van der Waals surface area contributed by atoms with Crippen molar-refractivity contribution in [3.8, 4) is 11.8 Å². The number of nitrogens with one attached hydrogen (secondary N) is 2. The van der Waals surface area contributed by atoms with Crippen LogP contribution in [-0.4, -0.2) is 43.3 Å². The van der Waals surface area contributed by atoms with Crippen LogP contribution in [0.2, 0.25) is 0 Å². The van der Waals surface area contributed by atoms with E-state index < -0.39 is 12.1 Å². The zero-order valence-electron chi connectivity index (χ0n) is 12.4. The van der Waals surface area contributed by atoms with Gasteiger partial charge in [-0.15, -0.1) is 0 Å². The summed E-state index contributed by atoms with van der Waals surface area (Å²) in [4.78, 5) is 15.9. The summed E-state index contributed by atoms with van der Waals surface area (Å²) in [6.45, 7) is 2.78. The molecule has 0 atom stereocenters. The predicted octanol–water partition coefficient (Wildman–Crippen LogP) is 1.92. The van der Waals surface area contributed by atoms with Gasteiger partial charge in [0, 0.05) is 37.8 Å². The molecule has 0 amide bonds. The number of hydrogen-bond donors (Lipinski definition) is 2. The van der Waals surface area contributed by atoms with Crippen LogP contribution in [0.1, 0.15) is 5.56 Å². The second-order valence-corrected chi connectivity index (χ2v) is 5.27. The molecule has 9 heteroatoms. The SMILES string of the molecule is N#Cc1ccc2c(OC(=O)C(F)(F)F)c[nH]c2c1N1CCNCC1. The van der Waals surface area contributed by atoms with E-state index in [1.165, 1.54) is 18.3 Å². The fourth-order valence-electron chi connectivity index (χ4n) is 2.71. The number of halogens is 3. The number of anilines is 1. The maximum Gasteiger partial charge on any atom is 0.491 e. The van der Waals surface area contributed by atoms with E-state index in [1.54, 1.807) is 0 Å². The Kier molecular flexibility index (Phi) is 4.07. The summed E-state index contributed by atoms with van der Waals surface area (Å²) >= 11 is 0. The molecule has 0 unspecified atom stereocenters. The van der Waals surface area contributed by atoms with Gasteiger partial charge >= 0.3 is 12.1 Å². The number of ether oxygens (including phenoxy) is 1. The number of benzene rings is 1. The van der Waals surface area contributed by atoms with Gasteiger partial charge in [-0.25, -0.2) is 4.79 Å². The van der Waals surface area contributed by atoms with Crippen LogP contribution in [0, 0.1) is 11.3 Å². The molecule has 0 radical (unpaired) electrons. The molecule has 6 nitrogen and oxygen atoms in total. The fraction of sp³-hybridized carbons (Fsp3) is 0.333. The van der Waals surface area contributed by atoms with Crippen molar-refractivity contribution < 1.29 is 22.7 Å². The molecular formula is C15H13F3N4O2. The van der Waals surface area contributed by atoms with Gasteiger partial charge < -0.3 is 19.9 Å². The zero-order chi connectivity index (χ0) is 17.3. The molecule has 0 saturated carbocycles. The van der Waals surface area contributed by atoms with Crippen LogP contribution in [0.3, 0.4) is 0 Å². The Bertz CT molecular complexity index is 816. The van der Waals surface area contributed by atoms with Crippen molar-refractivity contribution >= 4 is 22.6 Å². The fourth-order valence-corrected chi connectivity index (χ4v) is 2.71. The number of piperazine rings is 1. The van der Waals surface area contributed by atoms with E-state index in [-0.39, 0.29) is 5.75 Å². The highest BCUT2D eigenvalue weighted by molar-refractivity contribution is 5.99. The predicted molar refractivity (Wildman–Crippen MR) is 79.8 cm³/mol. The smallest absolute Gasteiger partial charge is 0.418 e. The molecule has 0 spiro atoms. The van der Waals surface area contributed by atoms with E-state index in [9.17, 15) is 23.2 Å². The summed E-state index contributed by atoms with van der Waals surface area (Å²) in [6.07, 6.45) is -3.88. The average molecular weight is 338 g/mol. The van der Waals surface area contributed by atoms with Gasteiger partial charge in [0.15, 0.2) is 5.75 Å². The number of H-pyrrole nitrogens is 1. The lowest BCUT2D eigenvalue weighted by atomic mass is 10.1. The highest BCUT2D eigenvalue weighted by Gasteiger charge is 2.41. The Morgan fingerprint density at radius 3 is 2.62 bits per heavy atom. The number of fused-ring (bicyclic) bond motifs is 1. The average Bonchev–Trinajstić information content (AvgIpc) is 2.96. The van der Waals surface area contributed by atoms with Crippen LogP contribution in [0.15, 0.2) is 18.3 Å². The molecule has 0 aliphatic carbocycles. The third kappa shape index (κ3) is 2.88. The maximum absolute atomic E-state index is 12.4. The Hall–Kier alpha value is -2.73. The summed E-state index contributed by atoms with van der Waals surface area (Å²) < 4.78 is 41.6. The molecular weight excluding hydrogens is 325 g/mol. The van der Waals surface area contributed by atoms with Gasteiger partial charge in [0.25, 0.3) is 0 Å².